The van der Waals surface area contributed by atoms with E-state index in [0.717, 1.165) is 36.8 Å². The summed E-state index contributed by atoms with van der Waals surface area (Å²) in [5.41, 5.74) is 2.17. The van der Waals surface area contributed by atoms with Crippen molar-refractivity contribution in [1.82, 2.24) is 14.9 Å². The van der Waals surface area contributed by atoms with Crippen molar-refractivity contribution in [3.8, 4) is 17.3 Å². The first kappa shape index (κ1) is 18.2. The largest absolute Gasteiger partial charge is 0.478 e. The lowest BCUT2D eigenvalue weighted by Crippen LogP contribution is -2.31. The van der Waals surface area contributed by atoms with Gasteiger partial charge in [0.05, 0.1) is 6.61 Å². The third-order valence-corrected chi connectivity index (χ3v) is 4.78. The summed E-state index contributed by atoms with van der Waals surface area (Å²) in [6, 6.07) is 13.6. The maximum absolute atomic E-state index is 13.1. The highest BCUT2D eigenvalue weighted by atomic mass is 16.5. The fourth-order valence-electron chi connectivity index (χ4n) is 3.28. The summed E-state index contributed by atoms with van der Waals surface area (Å²) in [6.07, 6.45) is 7.09. The van der Waals surface area contributed by atoms with Gasteiger partial charge >= 0.3 is 0 Å². The predicted octanol–water partition coefficient (Wildman–Crippen LogP) is 4.33. The standard InChI is InChI=1S/C22H23N3O3/c26-22-19-16-28-21(24-19)18-10-11-23-20(14-18)27-13-7-2-1-6-12-25(22)15-17-8-4-3-5-9-17/h3-5,8-11,14,16H,1-2,6-7,12-13,15H2. The highest BCUT2D eigenvalue weighted by Crippen LogP contribution is 2.23. The monoisotopic (exact) mass is 377 g/mol. The zero-order valence-corrected chi connectivity index (χ0v) is 15.7. The van der Waals surface area contributed by atoms with E-state index >= 15 is 0 Å². The molecule has 1 amide bonds. The van der Waals surface area contributed by atoms with Crippen LogP contribution in [0.3, 0.4) is 0 Å². The van der Waals surface area contributed by atoms with Crippen molar-refractivity contribution >= 4 is 5.91 Å². The van der Waals surface area contributed by atoms with Gasteiger partial charge in [-0.15, -0.1) is 0 Å². The van der Waals surface area contributed by atoms with Gasteiger partial charge in [0.25, 0.3) is 5.91 Å². The van der Waals surface area contributed by atoms with Gasteiger partial charge in [0.15, 0.2) is 5.69 Å². The van der Waals surface area contributed by atoms with Crippen LogP contribution >= 0.6 is 0 Å². The van der Waals surface area contributed by atoms with Crippen molar-refractivity contribution in [2.24, 2.45) is 0 Å². The fourth-order valence-corrected chi connectivity index (χ4v) is 3.28. The minimum Gasteiger partial charge on any atom is -0.478 e. The molecular weight excluding hydrogens is 354 g/mol. The quantitative estimate of drug-likeness (QED) is 0.665. The van der Waals surface area contributed by atoms with Crippen LogP contribution in [0.25, 0.3) is 11.5 Å². The van der Waals surface area contributed by atoms with Gasteiger partial charge in [0.2, 0.25) is 11.8 Å². The molecule has 144 valence electrons. The van der Waals surface area contributed by atoms with Gasteiger partial charge in [0, 0.05) is 30.9 Å². The van der Waals surface area contributed by atoms with E-state index in [-0.39, 0.29) is 5.91 Å². The van der Waals surface area contributed by atoms with Crippen LogP contribution in [0.2, 0.25) is 0 Å². The molecule has 0 atom stereocenters. The SMILES string of the molecule is O=C1c2coc(n2)-c2ccnc(c2)OCCCCCCN1Cc1ccccc1. The van der Waals surface area contributed by atoms with Gasteiger partial charge in [-0.05, 0) is 30.9 Å². The summed E-state index contributed by atoms with van der Waals surface area (Å²) >= 11 is 0. The Labute approximate surface area is 164 Å². The number of hydrogen-bond acceptors (Lipinski definition) is 5. The molecule has 4 rings (SSSR count). The Morgan fingerprint density at radius 3 is 2.79 bits per heavy atom. The van der Waals surface area contributed by atoms with Gasteiger partial charge in [-0.3, -0.25) is 4.79 Å². The second kappa shape index (κ2) is 8.69. The smallest absolute Gasteiger partial charge is 0.276 e. The lowest BCUT2D eigenvalue weighted by atomic mass is 10.1. The number of carbonyl (C=O) groups excluding carboxylic acids is 1. The maximum atomic E-state index is 13.1. The molecule has 4 bridgehead atoms. The van der Waals surface area contributed by atoms with E-state index in [4.69, 9.17) is 9.15 Å². The number of pyridine rings is 1. The Morgan fingerprint density at radius 1 is 1.04 bits per heavy atom. The first-order valence-corrected chi connectivity index (χ1v) is 9.67. The van der Waals surface area contributed by atoms with Crippen molar-refractivity contribution in [2.75, 3.05) is 13.2 Å². The number of nitrogens with zero attached hydrogens (tertiary/aromatic N) is 3. The second-order valence-electron chi connectivity index (χ2n) is 6.90. The molecule has 0 saturated heterocycles. The van der Waals surface area contributed by atoms with Gasteiger partial charge in [-0.25, -0.2) is 9.97 Å². The van der Waals surface area contributed by atoms with E-state index in [1.54, 1.807) is 18.3 Å². The summed E-state index contributed by atoms with van der Waals surface area (Å²) in [5.74, 6) is 0.827. The Balaban J connectivity index is 1.62. The number of amides is 1. The van der Waals surface area contributed by atoms with Crippen molar-refractivity contribution in [3.05, 3.63) is 66.2 Å². The van der Waals surface area contributed by atoms with E-state index in [9.17, 15) is 4.79 Å². The zero-order chi connectivity index (χ0) is 19.2. The molecule has 0 radical (unpaired) electrons. The van der Waals surface area contributed by atoms with E-state index in [0.29, 0.717) is 37.2 Å². The van der Waals surface area contributed by atoms with Crippen molar-refractivity contribution < 1.29 is 13.9 Å². The van der Waals surface area contributed by atoms with Crippen LogP contribution < -0.4 is 4.74 Å². The van der Waals surface area contributed by atoms with E-state index < -0.39 is 0 Å². The molecule has 6 heteroatoms. The highest BCUT2D eigenvalue weighted by Gasteiger charge is 2.21. The van der Waals surface area contributed by atoms with Gasteiger partial charge in [-0.2, -0.15) is 0 Å². The molecule has 0 N–H and O–H groups in total. The summed E-state index contributed by atoms with van der Waals surface area (Å²) < 4.78 is 11.3. The number of carbonyl (C=O) groups is 1. The summed E-state index contributed by atoms with van der Waals surface area (Å²) in [4.78, 5) is 23.6. The van der Waals surface area contributed by atoms with Gasteiger partial charge < -0.3 is 14.1 Å². The molecule has 0 saturated carbocycles. The number of aromatic nitrogens is 2. The molecule has 2 aromatic heterocycles. The summed E-state index contributed by atoms with van der Waals surface area (Å²) in [5, 5.41) is 0. The average Bonchev–Trinajstić information content (AvgIpc) is 3.22. The summed E-state index contributed by atoms with van der Waals surface area (Å²) in [6.45, 7) is 1.87. The van der Waals surface area contributed by atoms with Crippen LogP contribution in [-0.4, -0.2) is 33.9 Å². The van der Waals surface area contributed by atoms with E-state index in [2.05, 4.69) is 9.97 Å². The minimum atomic E-state index is -0.112. The second-order valence-corrected chi connectivity index (χ2v) is 6.90. The number of benzene rings is 1. The Bertz CT molecular complexity index is 924. The molecule has 0 unspecified atom stereocenters. The fraction of sp³-hybridized carbons (Fsp3) is 0.318. The molecule has 0 spiro atoms. The normalized spacial score (nSPS) is 15.4. The third-order valence-electron chi connectivity index (χ3n) is 4.78. The first-order chi connectivity index (χ1) is 13.8. The van der Waals surface area contributed by atoms with Crippen molar-refractivity contribution in [3.63, 3.8) is 0 Å². The maximum Gasteiger partial charge on any atom is 0.276 e. The molecule has 3 heterocycles. The molecular formula is C22H23N3O3. The van der Waals surface area contributed by atoms with Gasteiger partial charge in [-0.1, -0.05) is 36.8 Å². The lowest BCUT2D eigenvalue weighted by Gasteiger charge is -2.22. The number of rotatable bonds is 2. The first-order valence-electron chi connectivity index (χ1n) is 9.67. The van der Waals surface area contributed by atoms with Gasteiger partial charge in [0.1, 0.15) is 6.26 Å². The van der Waals surface area contributed by atoms with Crippen molar-refractivity contribution in [1.29, 1.82) is 0 Å². The Kier molecular flexibility index (Phi) is 5.66. The minimum absolute atomic E-state index is 0.112. The van der Waals surface area contributed by atoms with Crippen LogP contribution in [0.4, 0.5) is 0 Å². The zero-order valence-electron chi connectivity index (χ0n) is 15.7. The molecule has 1 aliphatic heterocycles. The number of oxazole rings is 1. The molecule has 1 aliphatic rings. The molecule has 0 fully saturated rings. The molecule has 28 heavy (non-hydrogen) atoms. The number of ether oxygens (including phenoxy) is 1. The third kappa shape index (κ3) is 4.39. The number of fused-ring (bicyclic) bond motifs is 5. The molecule has 0 aliphatic carbocycles. The predicted molar refractivity (Wildman–Crippen MR) is 105 cm³/mol. The van der Waals surface area contributed by atoms with Crippen LogP contribution in [0.5, 0.6) is 5.88 Å². The average molecular weight is 377 g/mol. The van der Waals surface area contributed by atoms with E-state index in [1.807, 2.05) is 35.2 Å². The van der Waals surface area contributed by atoms with Crippen LogP contribution in [0.1, 0.15) is 41.7 Å². The Hall–Kier alpha value is -3.15. The number of hydrogen-bond donors (Lipinski definition) is 0. The van der Waals surface area contributed by atoms with E-state index in [1.165, 1.54) is 6.26 Å². The van der Waals surface area contributed by atoms with Crippen LogP contribution in [-0.2, 0) is 6.54 Å². The van der Waals surface area contributed by atoms with Crippen LogP contribution in [0.15, 0.2) is 59.3 Å². The molecule has 3 aromatic rings. The van der Waals surface area contributed by atoms with Crippen molar-refractivity contribution in [2.45, 2.75) is 32.2 Å². The Morgan fingerprint density at radius 2 is 1.89 bits per heavy atom. The van der Waals surface area contributed by atoms with Crippen LogP contribution in [0, 0.1) is 0 Å². The summed E-state index contributed by atoms with van der Waals surface area (Å²) in [7, 11) is 0. The lowest BCUT2D eigenvalue weighted by molar-refractivity contribution is 0.0733. The topological polar surface area (TPSA) is 68.5 Å². The molecule has 1 aromatic carbocycles. The molecule has 6 nitrogen and oxygen atoms in total. The highest BCUT2D eigenvalue weighted by molar-refractivity contribution is 5.92.